The lowest BCUT2D eigenvalue weighted by Gasteiger charge is -2.27. The minimum Gasteiger partial charge on any atom is -0.382 e. The molecule has 0 aromatic heterocycles. The van der Waals surface area contributed by atoms with Crippen LogP contribution in [-0.4, -0.2) is 46.1 Å². The van der Waals surface area contributed by atoms with Gasteiger partial charge < -0.3 is 19.9 Å². The molecule has 0 saturated carbocycles. The minimum absolute atomic E-state index is 0.0952. The van der Waals surface area contributed by atoms with Gasteiger partial charge in [-0.2, -0.15) is 0 Å². The number of aliphatic hydroxyl groups is 2. The van der Waals surface area contributed by atoms with Crippen LogP contribution in [0.1, 0.15) is 24.4 Å². The van der Waals surface area contributed by atoms with E-state index in [1.54, 1.807) is 0 Å². The molecule has 5 heteroatoms. The molecule has 2 N–H and O–H groups in total. The van der Waals surface area contributed by atoms with Gasteiger partial charge in [-0.3, -0.25) is 4.79 Å². The van der Waals surface area contributed by atoms with Crippen molar-refractivity contribution in [3.8, 4) is 0 Å². The van der Waals surface area contributed by atoms with Crippen LogP contribution >= 0.6 is 0 Å². The van der Waals surface area contributed by atoms with Crippen molar-refractivity contribution in [1.29, 1.82) is 0 Å². The summed E-state index contributed by atoms with van der Waals surface area (Å²) >= 11 is 0. The number of carbonyl (C=O) groups is 2. The van der Waals surface area contributed by atoms with Crippen molar-refractivity contribution in [3.63, 3.8) is 0 Å². The van der Waals surface area contributed by atoms with E-state index in [1.807, 2.05) is 30.3 Å². The molecule has 1 amide bonds. The van der Waals surface area contributed by atoms with Gasteiger partial charge in [0.25, 0.3) is 5.91 Å². The maximum atomic E-state index is 12.1. The Morgan fingerprint density at radius 1 is 1.32 bits per heavy atom. The van der Waals surface area contributed by atoms with Crippen LogP contribution in [0.15, 0.2) is 30.3 Å². The normalized spacial score (nSPS) is 22.0. The summed E-state index contributed by atoms with van der Waals surface area (Å²) in [6.07, 6.45) is -1.50. The number of aldehydes is 1. The predicted octanol–water partition coefficient (Wildman–Crippen LogP) is 0.271. The van der Waals surface area contributed by atoms with Gasteiger partial charge >= 0.3 is 0 Å². The van der Waals surface area contributed by atoms with E-state index in [4.69, 9.17) is 0 Å². The second-order valence-electron chi connectivity index (χ2n) is 4.67. The monoisotopic (exact) mass is 263 g/mol. The highest BCUT2D eigenvalue weighted by molar-refractivity contribution is 5.85. The fourth-order valence-electron chi connectivity index (χ4n) is 2.44. The van der Waals surface area contributed by atoms with Crippen molar-refractivity contribution < 1.29 is 19.8 Å². The topological polar surface area (TPSA) is 77.8 Å². The first kappa shape index (κ1) is 13.7. The number of likely N-dealkylation sites (tertiary alicyclic amines) is 1. The van der Waals surface area contributed by atoms with Crippen LogP contribution in [0.25, 0.3) is 0 Å². The van der Waals surface area contributed by atoms with Crippen LogP contribution in [0.3, 0.4) is 0 Å². The van der Waals surface area contributed by atoms with Crippen molar-refractivity contribution in [2.24, 2.45) is 0 Å². The molecule has 5 nitrogen and oxygen atoms in total. The average molecular weight is 263 g/mol. The van der Waals surface area contributed by atoms with Crippen molar-refractivity contribution >= 4 is 12.2 Å². The summed E-state index contributed by atoms with van der Waals surface area (Å²) in [5, 5.41) is 18.9. The van der Waals surface area contributed by atoms with Crippen molar-refractivity contribution in [2.75, 3.05) is 6.54 Å². The number of carbonyl (C=O) groups excluding carboxylic acids is 2. The molecule has 3 unspecified atom stereocenters. The molecular formula is C14H17NO4. The zero-order valence-corrected chi connectivity index (χ0v) is 10.5. The van der Waals surface area contributed by atoms with E-state index in [-0.39, 0.29) is 12.3 Å². The molecule has 0 spiro atoms. The van der Waals surface area contributed by atoms with Crippen LogP contribution in [-0.2, 0) is 9.59 Å². The van der Waals surface area contributed by atoms with E-state index in [0.29, 0.717) is 6.54 Å². The van der Waals surface area contributed by atoms with Crippen LogP contribution < -0.4 is 0 Å². The third-order valence-corrected chi connectivity index (χ3v) is 3.44. The highest BCUT2D eigenvalue weighted by Gasteiger charge is 2.35. The second-order valence-corrected chi connectivity index (χ2v) is 4.67. The number of nitrogens with zero attached hydrogens (tertiary/aromatic N) is 1. The third-order valence-electron chi connectivity index (χ3n) is 3.44. The van der Waals surface area contributed by atoms with E-state index in [0.717, 1.165) is 18.4 Å². The van der Waals surface area contributed by atoms with E-state index < -0.39 is 18.1 Å². The Kier molecular flexibility index (Phi) is 4.29. The summed E-state index contributed by atoms with van der Waals surface area (Å²) in [4.78, 5) is 24.1. The fourth-order valence-corrected chi connectivity index (χ4v) is 2.44. The molecule has 102 valence electrons. The lowest BCUT2D eigenvalue weighted by atomic mass is 10.0. The van der Waals surface area contributed by atoms with Gasteiger partial charge in [0.2, 0.25) is 0 Å². The zero-order valence-electron chi connectivity index (χ0n) is 10.5. The largest absolute Gasteiger partial charge is 0.382 e. The van der Waals surface area contributed by atoms with E-state index in [1.165, 1.54) is 4.90 Å². The summed E-state index contributed by atoms with van der Waals surface area (Å²) in [5.74, 6) is -0.592. The first-order valence-corrected chi connectivity index (χ1v) is 6.32. The molecule has 1 saturated heterocycles. The number of rotatable bonds is 4. The summed E-state index contributed by atoms with van der Waals surface area (Å²) < 4.78 is 0. The first-order valence-electron chi connectivity index (χ1n) is 6.32. The van der Waals surface area contributed by atoms with Gasteiger partial charge in [0.1, 0.15) is 6.10 Å². The quantitative estimate of drug-likeness (QED) is 0.764. The first-order chi connectivity index (χ1) is 9.15. The number of aliphatic hydroxyl groups excluding tert-OH is 2. The highest BCUT2D eigenvalue weighted by Crippen LogP contribution is 2.32. The molecule has 3 atom stereocenters. The van der Waals surface area contributed by atoms with Crippen LogP contribution in [0.5, 0.6) is 0 Å². The van der Waals surface area contributed by atoms with Gasteiger partial charge in [-0.1, -0.05) is 30.3 Å². The SMILES string of the molecule is O=CC(O)C(O)C(=O)N1CCCC1c1ccccc1. The Balaban J connectivity index is 2.15. The summed E-state index contributed by atoms with van der Waals surface area (Å²) in [5.41, 5.74) is 1.00. The summed E-state index contributed by atoms with van der Waals surface area (Å²) in [6, 6.07) is 9.45. The number of amides is 1. The Morgan fingerprint density at radius 2 is 2.00 bits per heavy atom. The molecular weight excluding hydrogens is 246 g/mol. The number of hydrogen-bond donors (Lipinski definition) is 2. The maximum absolute atomic E-state index is 12.1. The Hall–Kier alpha value is -1.72. The molecule has 1 aromatic carbocycles. The lowest BCUT2D eigenvalue weighted by molar-refractivity contribution is -0.149. The fraction of sp³-hybridized carbons (Fsp3) is 0.429. The molecule has 0 bridgehead atoms. The Morgan fingerprint density at radius 3 is 2.63 bits per heavy atom. The van der Waals surface area contributed by atoms with E-state index in [9.17, 15) is 19.8 Å². The molecule has 1 heterocycles. The third kappa shape index (κ3) is 2.83. The predicted molar refractivity (Wildman–Crippen MR) is 68.2 cm³/mol. The standard InChI is InChI=1S/C14H17NO4/c16-9-12(17)13(18)14(19)15-8-4-7-11(15)10-5-2-1-3-6-10/h1-3,5-6,9,11-13,17-18H,4,7-8H2. The molecule has 0 radical (unpaired) electrons. The molecule has 1 fully saturated rings. The van der Waals surface area contributed by atoms with E-state index >= 15 is 0 Å². The molecule has 1 aromatic rings. The van der Waals surface area contributed by atoms with Gasteiger partial charge in [-0.05, 0) is 18.4 Å². The van der Waals surface area contributed by atoms with Crippen LogP contribution in [0, 0.1) is 0 Å². The Bertz CT molecular complexity index is 448. The lowest BCUT2D eigenvalue weighted by Crippen LogP contribution is -2.45. The molecule has 2 rings (SSSR count). The maximum Gasteiger partial charge on any atom is 0.255 e. The van der Waals surface area contributed by atoms with Crippen molar-refractivity contribution in [3.05, 3.63) is 35.9 Å². The van der Waals surface area contributed by atoms with E-state index in [2.05, 4.69) is 0 Å². The molecule has 0 aliphatic carbocycles. The molecule has 19 heavy (non-hydrogen) atoms. The summed E-state index contributed by atoms with van der Waals surface area (Å²) in [7, 11) is 0. The Labute approximate surface area is 111 Å². The smallest absolute Gasteiger partial charge is 0.255 e. The van der Waals surface area contributed by atoms with Gasteiger partial charge in [0, 0.05) is 6.54 Å². The average Bonchev–Trinajstić information content (AvgIpc) is 2.95. The van der Waals surface area contributed by atoms with Crippen LogP contribution in [0.2, 0.25) is 0 Å². The van der Waals surface area contributed by atoms with Gasteiger partial charge in [0.05, 0.1) is 6.04 Å². The minimum atomic E-state index is -1.68. The van der Waals surface area contributed by atoms with Crippen LogP contribution in [0.4, 0.5) is 0 Å². The van der Waals surface area contributed by atoms with Crippen molar-refractivity contribution in [2.45, 2.75) is 31.1 Å². The number of hydrogen-bond acceptors (Lipinski definition) is 4. The zero-order chi connectivity index (χ0) is 13.8. The highest BCUT2D eigenvalue weighted by atomic mass is 16.3. The van der Waals surface area contributed by atoms with Gasteiger partial charge in [-0.25, -0.2) is 0 Å². The van der Waals surface area contributed by atoms with Crippen molar-refractivity contribution in [1.82, 2.24) is 4.90 Å². The number of benzene rings is 1. The van der Waals surface area contributed by atoms with Gasteiger partial charge in [-0.15, -0.1) is 0 Å². The molecule has 1 aliphatic heterocycles. The van der Waals surface area contributed by atoms with Gasteiger partial charge in [0.15, 0.2) is 12.4 Å². The summed E-state index contributed by atoms with van der Waals surface area (Å²) in [6.45, 7) is 0.529. The molecule has 1 aliphatic rings. The second kappa shape index (κ2) is 5.95.